The first-order valence-corrected chi connectivity index (χ1v) is 8.29. The lowest BCUT2D eigenvalue weighted by molar-refractivity contribution is -0.123. The van der Waals surface area contributed by atoms with E-state index in [1.807, 2.05) is 32.9 Å². The van der Waals surface area contributed by atoms with Crippen LogP contribution in [0.2, 0.25) is 0 Å². The number of nitrogens with one attached hydrogen (secondary N) is 1. The second-order valence-corrected chi connectivity index (χ2v) is 7.52. The molecule has 0 heterocycles. The molecular formula is C17H21BrN2O3. The van der Waals surface area contributed by atoms with Crippen LogP contribution in [0.3, 0.4) is 0 Å². The third-order valence-electron chi connectivity index (χ3n) is 3.54. The SMILES string of the molecule is Cc1ccc(OCC(=O)N/N=C2/CC(=O)CC(C)(C)C2)c(Br)c1. The van der Waals surface area contributed by atoms with Gasteiger partial charge in [0.15, 0.2) is 6.61 Å². The summed E-state index contributed by atoms with van der Waals surface area (Å²) in [5.74, 6) is 0.419. The van der Waals surface area contributed by atoms with Gasteiger partial charge in [0.25, 0.3) is 5.91 Å². The molecular weight excluding hydrogens is 360 g/mol. The van der Waals surface area contributed by atoms with Gasteiger partial charge in [-0.3, -0.25) is 9.59 Å². The molecule has 0 unspecified atom stereocenters. The quantitative estimate of drug-likeness (QED) is 0.813. The highest BCUT2D eigenvalue weighted by atomic mass is 79.9. The highest BCUT2D eigenvalue weighted by Crippen LogP contribution is 2.31. The average Bonchev–Trinajstić information content (AvgIpc) is 2.42. The maximum Gasteiger partial charge on any atom is 0.277 e. The van der Waals surface area contributed by atoms with Gasteiger partial charge >= 0.3 is 0 Å². The van der Waals surface area contributed by atoms with Crippen LogP contribution in [0.25, 0.3) is 0 Å². The minimum atomic E-state index is -0.346. The third kappa shape index (κ3) is 5.46. The van der Waals surface area contributed by atoms with Crippen LogP contribution in [0.1, 0.15) is 38.7 Å². The van der Waals surface area contributed by atoms with E-state index in [9.17, 15) is 9.59 Å². The van der Waals surface area contributed by atoms with Crippen molar-refractivity contribution in [2.45, 2.75) is 40.0 Å². The summed E-state index contributed by atoms with van der Waals surface area (Å²) in [6.45, 7) is 5.90. The molecule has 0 aliphatic heterocycles. The molecule has 0 saturated heterocycles. The summed E-state index contributed by atoms with van der Waals surface area (Å²) < 4.78 is 6.26. The van der Waals surface area contributed by atoms with Crippen LogP contribution >= 0.6 is 15.9 Å². The van der Waals surface area contributed by atoms with Crippen molar-refractivity contribution >= 4 is 33.3 Å². The van der Waals surface area contributed by atoms with Crippen molar-refractivity contribution in [1.29, 1.82) is 0 Å². The highest BCUT2D eigenvalue weighted by Gasteiger charge is 2.30. The van der Waals surface area contributed by atoms with Crippen molar-refractivity contribution < 1.29 is 14.3 Å². The Morgan fingerprint density at radius 1 is 1.39 bits per heavy atom. The van der Waals surface area contributed by atoms with Gasteiger partial charge in [-0.2, -0.15) is 5.10 Å². The van der Waals surface area contributed by atoms with Crippen molar-refractivity contribution in [3.63, 3.8) is 0 Å². The predicted octanol–water partition coefficient (Wildman–Crippen LogP) is 3.39. The fourth-order valence-corrected chi connectivity index (χ4v) is 3.23. The third-order valence-corrected chi connectivity index (χ3v) is 4.16. The molecule has 0 radical (unpaired) electrons. The Hall–Kier alpha value is -1.69. The zero-order chi connectivity index (χ0) is 17.0. The van der Waals surface area contributed by atoms with Crippen LogP contribution in [0.4, 0.5) is 0 Å². The molecule has 1 aliphatic carbocycles. The largest absolute Gasteiger partial charge is 0.483 e. The first-order valence-electron chi connectivity index (χ1n) is 7.50. The molecule has 1 aromatic rings. The maximum atomic E-state index is 11.8. The van der Waals surface area contributed by atoms with Crippen LogP contribution in [-0.4, -0.2) is 24.0 Å². The molecule has 23 heavy (non-hydrogen) atoms. The standard InChI is InChI=1S/C17H21BrN2O3/c1-11-4-5-15(14(18)6-11)23-10-16(22)20-19-12-7-13(21)9-17(2,3)8-12/h4-6H,7-10H2,1-3H3,(H,20,22)/b19-12-. The molecule has 0 spiro atoms. The number of Topliss-reactive ketones (excluding diaryl/α,β-unsaturated/α-hetero) is 1. The first-order chi connectivity index (χ1) is 10.7. The van der Waals surface area contributed by atoms with E-state index in [1.54, 1.807) is 6.07 Å². The number of carbonyl (C=O) groups is 2. The van der Waals surface area contributed by atoms with E-state index in [2.05, 4.69) is 26.5 Å². The number of hydrogen-bond acceptors (Lipinski definition) is 4. The monoisotopic (exact) mass is 380 g/mol. The van der Waals surface area contributed by atoms with Crippen LogP contribution in [-0.2, 0) is 9.59 Å². The Morgan fingerprint density at radius 3 is 2.78 bits per heavy atom. The second kappa shape index (κ2) is 7.25. The van der Waals surface area contributed by atoms with Crippen molar-refractivity contribution in [1.82, 2.24) is 5.43 Å². The van der Waals surface area contributed by atoms with E-state index >= 15 is 0 Å². The number of hydrazone groups is 1. The van der Waals surface area contributed by atoms with Crippen LogP contribution < -0.4 is 10.2 Å². The van der Waals surface area contributed by atoms with E-state index in [4.69, 9.17) is 4.74 Å². The van der Waals surface area contributed by atoms with E-state index in [0.29, 0.717) is 25.0 Å². The predicted molar refractivity (Wildman–Crippen MR) is 92.6 cm³/mol. The molecule has 0 aromatic heterocycles. The summed E-state index contributed by atoms with van der Waals surface area (Å²) in [5, 5.41) is 4.08. The van der Waals surface area contributed by atoms with Crippen LogP contribution in [0.15, 0.2) is 27.8 Å². The molecule has 0 bridgehead atoms. The van der Waals surface area contributed by atoms with Gasteiger partial charge in [0.05, 0.1) is 4.47 Å². The van der Waals surface area contributed by atoms with Crippen molar-refractivity contribution in [3.8, 4) is 5.75 Å². The van der Waals surface area contributed by atoms with Gasteiger partial charge in [-0.15, -0.1) is 0 Å². The highest BCUT2D eigenvalue weighted by molar-refractivity contribution is 9.10. The number of carbonyl (C=O) groups excluding carboxylic acids is 2. The van der Waals surface area contributed by atoms with E-state index in [0.717, 1.165) is 15.7 Å². The van der Waals surface area contributed by atoms with Gasteiger partial charge in [0, 0.05) is 18.6 Å². The van der Waals surface area contributed by atoms with E-state index in [-0.39, 0.29) is 23.7 Å². The number of nitrogens with zero attached hydrogens (tertiary/aromatic N) is 1. The van der Waals surface area contributed by atoms with Crippen LogP contribution in [0.5, 0.6) is 5.75 Å². The summed E-state index contributed by atoms with van der Waals surface area (Å²) in [5.41, 5.74) is 4.19. The summed E-state index contributed by atoms with van der Waals surface area (Å²) in [6.07, 6.45) is 1.59. The van der Waals surface area contributed by atoms with Crippen LogP contribution in [0, 0.1) is 12.3 Å². The molecule has 1 aromatic carbocycles. The summed E-state index contributed by atoms with van der Waals surface area (Å²) in [4.78, 5) is 23.5. The Balaban J connectivity index is 1.87. The molecule has 1 saturated carbocycles. The van der Waals surface area contributed by atoms with E-state index in [1.165, 1.54) is 0 Å². The number of rotatable bonds is 4. The Morgan fingerprint density at radius 2 is 2.13 bits per heavy atom. The molecule has 1 fully saturated rings. The van der Waals surface area contributed by atoms with Crippen molar-refractivity contribution in [3.05, 3.63) is 28.2 Å². The van der Waals surface area contributed by atoms with Gasteiger partial charge in [0.1, 0.15) is 11.5 Å². The minimum Gasteiger partial charge on any atom is -0.483 e. The lowest BCUT2D eigenvalue weighted by Crippen LogP contribution is -2.32. The number of hydrogen-bond donors (Lipinski definition) is 1. The number of aryl methyl sites for hydroxylation is 1. The maximum absolute atomic E-state index is 11.8. The molecule has 6 heteroatoms. The Bertz CT molecular complexity index is 653. The van der Waals surface area contributed by atoms with Gasteiger partial charge in [-0.1, -0.05) is 19.9 Å². The lowest BCUT2D eigenvalue weighted by Gasteiger charge is -2.28. The topological polar surface area (TPSA) is 67.8 Å². The molecule has 1 amide bonds. The second-order valence-electron chi connectivity index (χ2n) is 6.67. The molecule has 2 rings (SSSR count). The van der Waals surface area contributed by atoms with E-state index < -0.39 is 0 Å². The Kier molecular flexibility index (Phi) is 5.57. The lowest BCUT2D eigenvalue weighted by atomic mass is 9.76. The zero-order valence-electron chi connectivity index (χ0n) is 13.6. The van der Waals surface area contributed by atoms with Gasteiger partial charge in [-0.05, 0) is 52.4 Å². The summed E-state index contributed by atoms with van der Waals surface area (Å²) in [7, 11) is 0. The Labute approximate surface area is 144 Å². The molecule has 0 atom stereocenters. The van der Waals surface area contributed by atoms with Gasteiger partial charge in [0.2, 0.25) is 0 Å². The van der Waals surface area contributed by atoms with Crippen molar-refractivity contribution in [2.75, 3.05) is 6.61 Å². The number of ether oxygens (including phenoxy) is 1. The summed E-state index contributed by atoms with van der Waals surface area (Å²) >= 11 is 3.40. The summed E-state index contributed by atoms with van der Waals surface area (Å²) in [6, 6.07) is 5.64. The van der Waals surface area contributed by atoms with Gasteiger partial charge in [-0.25, -0.2) is 5.43 Å². The minimum absolute atomic E-state index is 0.0951. The number of ketones is 1. The normalized spacial score (nSPS) is 18.8. The molecule has 5 nitrogen and oxygen atoms in total. The average molecular weight is 381 g/mol. The fourth-order valence-electron chi connectivity index (χ4n) is 2.62. The smallest absolute Gasteiger partial charge is 0.277 e. The number of halogens is 1. The zero-order valence-corrected chi connectivity index (χ0v) is 15.2. The number of amides is 1. The van der Waals surface area contributed by atoms with Gasteiger partial charge < -0.3 is 4.74 Å². The molecule has 1 N–H and O–H groups in total. The molecule has 124 valence electrons. The van der Waals surface area contributed by atoms with Crippen molar-refractivity contribution in [2.24, 2.45) is 10.5 Å². The molecule has 1 aliphatic rings. The fraction of sp³-hybridized carbons (Fsp3) is 0.471. The number of benzene rings is 1. The first kappa shape index (κ1) is 17.7.